The van der Waals surface area contributed by atoms with Gasteiger partial charge in [0.2, 0.25) is 0 Å². The minimum absolute atomic E-state index is 0.252. The zero-order valence-corrected chi connectivity index (χ0v) is 16.4. The molecule has 0 unspecified atom stereocenters. The van der Waals surface area contributed by atoms with E-state index in [-0.39, 0.29) is 23.2 Å². The Morgan fingerprint density at radius 3 is 2.68 bits per heavy atom. The van der Waals surface area contributed by atoms with Gasteiger partial charge in [0.05, 0.1) is 24.5 Å². The van der Waals surface area contributed by atoms with Crippen LogP contribution < -0.4 is 15.4 Å². The van der Waals surface area contributed by atoms with Crippen molar-refractivity contribution >= 4 is 29.0 Å². The van der Waals surface area contributed by atoms with Gasteiger partial charge in [-0.15, -0.1) is 11.3 Å². The van der Waals surface area contributed by atoms with Crippen molar-refractivity contribution in [3.8, 4) is 5.75 Å². The number of nitrogens with zero attached hydrogens (tertiary/aromatic N) is 2. The molecule has 0 aliphatic heterocycles. The van der Waals surface area contributed by atoms with Gasteiger partial charge in [0.1, 0.15) is 22.0 Å². The van der Waals surface area contributed by atoms with Crippen molar-refractivity contribution in [3.63, 3.8) is 0 Å². The predicted molar refractivity (Wildman–Crippen MR) is 107 cm³/mol. The highest BCUT2D eigenvalue weighted by molar-refractivity contribution is 7.13. The smallest absolute Gasteiger partial charge is 0.268 e. The zero-order chi connectivity index (χ0) is 19.9. The molecular formula is C19H21N5O3S. The Balaban J connectivity index is 1.61. The van der Waals surface area contributed by atoms with Gasteiger partial charge >= 0.3 is 0 Å². The van der Waals surface area contributed by atoms with Crippen molar-refractivity contribution in [1.29, 1.82) is 0 Å². The Kier molecular flexibility index (Phi) is 6.38. The van der Waals surface area contributed by atoms with Crippen molar-refractivity contribution in [1.82, 2.24) is 20.5 Å². The third-order valence-corrected chi connectivity index (χ3v) is 5.03. The Labute approximate surface area is 166 Å². The summed E-state index contributed by atoms with van der Waals surface area (Å²) in [5.74, 6) is 0.340. The van der Waals surface area contributed by atoms with E-state index in [0.29, 0.717) is 11.4 Å². The Bertz CT molecular complexity index is 949. The summed E-state index contributed by atoms with van der Waals surface area (Å²) in [7, 11) is 1.60. The number of nitrogens with one attached hydrogen (secondary N) is 3. The van der Waals surface area contributed by atoms with E-state index in [1.165, 1.54) is 17.5 Å². The number of carbonyl (C=O) groups is 2. The third-order valence-electron chi connectivity index (χ3n) is 3.98. The van der Waals surface area contributed by atoms with Gasteiger partial charge in [-0.05, 0) is 30.5 Å². The SMILES string of the molecule is CCCc1ncc(C(=O)Nc2[nH]ncc2C(=O)NCc2ccc(OC)cc2)s1. The van der Waals surface area contributed by atoms with Crippen LogP contribution in [0.15, 0.2) is 36.7 Å². The lowest BCUT2D eigenvalue weighted by molar-refractivity contribution is 0.0952. The first-order valence-corrected chi connectivity index (χ1v) is 9.63. The number of anilines is 1. The molecule has 0 bridgehead atoms. The lowest BCUT2D eigenvalue weighted by Crippen LogP contribution is -2.24. The largest absolute Gasteiger partial charge is 0.497 e. The molecule has 0 atom stereocenters. The van der Waals surface area contributed by atoms with Crippen molar-refractivity contribution < 1.29 is 14.3 Å². The van der Waals surface area contributed by atoms with Gasteiger partial charge in [-0.1, -0.05) is 19.1 Å². The number of thiazole rings is 1. The molecule has 1 aromatic carbocycles. The number of ether oxygens (including phenoxy) is 1. The van der Waals surface area contributed by atoms with E-state index < -0.39 is 0 Å². The van der Waals surface area contributed by atoms with E-state index in [2.05, 4.69) is 32.7 Å². The lowest BCUT2D eigenvalue weighted by atomic mass is 10.2. The van der Waals surface area contributed by atoms with Gasteiger partial charge in [-0.2, -0.15) is 5.10 Å². The molecule has 3 N–H and O–H groups in total. The number of rotatable bonds is 8. The lowest BCUT2D eigenvalue weighted by Gasteiger charge is -2.07. The number of hydrogen-bond acceptors (Lipinski definition) is 6. The van der Waals surface area contributed by atoms with Crippen LogP contribution in [0, 0.1) is 0 Å². The Morgan fingerprint density at radius 2 is 1.96 bits per heavy atom. The molecule has 9 heteroatoms. The molecule has 146 valence electrons. The molecule has 0 aliphatic carbocycles. The van der Waals surface area contributed by atoms with Crippen LogP contribution in [0.5, 0.6) is 5.75 Å². The van der Waals surface area contributed by atoms with E-state index in [4.69, 9.17) is 4.74 Å². The first kappa shape index (κ1) is 19.6. The molecule has 3 aromatic rings. The molecule has 0 radical (unpaired) electrons. The van der Waals surface area contributed by atoms with E-state index in [1.54, 1.807) is 13.3 Å². The second kappa shape index (κ2) is 9.14. The van der Waals surface area contributed by atoms with Crippen LogP contribution in [0.4, 0.5) is 5.82 Å². The van der Waals surface area contributed by atoms with Crippen LogP contribution in [0.3, 0.4) is 0 Å². The summed E-state index contributed by atoms with van der Waals surface area (Å²) in [6.45, 7) is 2.40. The summed E-state index contributed by atoms with van der Waals surface area (Å²) in [5.41, 5.74) is 1.19. The Hall–Kier alpha value is -3.20. The average molecular weight is 399 g/mol. The predicted octanol–water partition coefficient (Wildman–Crippen LogP) is 3.01. The van der Waals surface area contributed by atoms with E-state index in [0.717, 1.165) is 29.2 Å². The molecule has 0 aliphatic rings. The van der Waals surface area contributed by atoms with Gasteiger partial charge in [0.25, 0.3) is 11.8 Å². The van der Waals surface area contributed by atoms with E-state index in [9.17, 15) is 9.59 Å². The number of H-pyrrole nitrogens is 1. The summed E-state index contributed by atoms with van der Waals surface area (Å²) in [4.78, 5) is 29.6. The molecular weight excluding hydrogens is 378 g/mol. The quantitative estimate of drug-likeness (QED) is 0.539. The van der Waals surface area contributed by atoms with Crippen LogP contribution in [0.2, 0.25) is 0 Å². The van der Waals surface area contributed by atoms with Crippen LogP contribution in [0.1, 0.15) is 43.9 Å². The normalized spacial score (nSPS) is 10.5. The van der Waals surface area contributed by atoms with Gasteiger partial charge in [-0.25, -0.2) is 4.98 Å². The monoisotopic (exact) mass is 399 g/mol. The van der Waals surface area contributed by atoms with E-state index >= 15 is 0 Å². The number of aromatic nitrogens is 3. The molecule has 0 saturated heterocycles. The highest BCUT2D eigenvalue weighted by atomic mass is 32.1. The molecule has 0 saturated carbocycles. The average Bonchev–Trinajstić information content (AvgIpc) is 3.36. The fraction of sp³-hybridized carbons (Fsp3) is 0.263. The Morgan fingerprint density at radius 1 is 1.18 bits per heavy atom. The van der Waals surface area contributed by atoms with Gasteiger partial charge in [-0.3, -0.25) is 14.7 Å². The molecule has 2 amide bonds. The summed E-state index contributed by atoms with van der Waals surface area (Å²) < 4.78 is 5.11. The maximum atomic E-state index is 12.5. The maximum Gasteiger partial charge on any atom is 0.268 e. The maximum absolute atomic E-state index is 12.5. The van der Waals surface area contributed by atoms with Crippen LogP contribution in [-0.2, 0) is 13.0 Å². The molecule has 28 heavy (non-hydrogen) atoms. The molecule has 0 spiro atoms. The van der Waals surface area contributed by atoms with Gasteiger partial charge in [0, 0.05) is 6.54 Å². The van der Waals surface area contributed by atoms with Crippen LogP contribution in [0.25, 0.3) is 0 Å². The second-order valence-corrected chi connectivity index (χ2v) is 7.13. The summed E-state index contributed by atoms with van der Waals surface area (Å²) in [6.07, 6.45) is 4.73. The summed E-state index contributed by atoms with van der Waals surface area (Å²) >= 11 is 1.34. The minimum atomic E-state index is -0.337. The van der Waals surface area contributed by atoms with Crippen molar-refractivity contribution in [3.05, 3.63) is 57.7 Å². The molecule has 2 heterocycles. The topological polar surface area (TPSA) is 109 Å². The van der Waals surface area contributed by atoms with Gasteiger partial charge in [0.15, 0.2) is 0 Å². The van der Waals surface area contributed by atoms with E-state index in [1.807, 2.05) is 24.3 Å². The standard InChI is InChI=1S/C19H21N5O3S/c1-3-4-16-20-11-15(28-16)19(26)23-17-14(10-22-24-17)18(25)21-9-12-5-7-13(27-2)8-6-12/h5-8,10-11H,3-4,9H2,1-2H3,(H,21,25)(H2,22,23,24,26). The van der Waals surface area contributed by atoms with Crippen molar-refractivity contribution in [2.45, 2.75) is 26.3 Å². The highest BCUT2D eigenvalue weighted by Gasteiger charge is 2.18. The fourth-order valence-electron chi connectivity index (χ4n) is 2.49. The first-order chi connectivity index (χ1) is 13.6. The van der Waals surface area contributed by atoms with Crippen molar-refractivity contribution in [2.75, 3.05) is 12.4 Å². The highest BCUT2D eigenvalue weighted by Crippen LogP contribution is 2.18. The van der Waals surface area contributed by atoms with Crippen LogP contribution >= 0.6 is 11.3 Å². The molecule has 3 rings (SSSR count). The van der Waals surface area contributed by atoms with Crippen molar-refractivity contribution in [2.24, 2.45) is 0 Å². The number of carbonyl (C=O) groups excluding carboxylic acids is 2. The number of hydrogen-bond donors (Lipinski definition) is 3. The molecule has 2 aromatic heterocycles. The number of methoxy groups -OCH3 is 1. The minimum Gasteiger partial charge on any atom is -0.497 e. The third kappa shape index (κ3) is 4.74. The van der Waals surface area contributed by atoms with Gasteiger partial charge < -0.3 is 15.4 Å². The molecule has 0 fully saturated rings. The first-order valence-electron chi connectivity index (χ1n) is 8.81. The number of benzene rings is 1. The number of aryl methyl sites for hydroxylation is 1. The summed E-state index contributed by atoms with van der Waals surface area (Å²) in [6, 6.07) is 7.39. The number of aromatic amines is 1. The summed E-state index contributed by atoms with van der Waals surface area (Å²) in [5, 5.41) is 12.9. The fourth-order valence-corrected chi connectivity index (χ4v) is 3.41. The zero-order valence-electron chi connectivity index (χ0n) is 15.6. The van der Waals surface area contributed by atoms with Crippen LogP contribution in [-0.4, -0.2) is 34.1 Å². The number of amides is 2. The molecule has 8 nitrogen and oxygen atoms in total. The second-order valence-electron chi connectivity index (χ2n) is 6.01.